The molecule has 1 amide bonds. The van der Waals surface area contributed by atoms with Crippen LogP contribution in [0.2, 0.25) is 5.02 Å². The number of nitrogens with zero attached hydrogens (tertiary/aromatic N) is 5. The van der Waals surface area contributed by atoms with Gasteiger partial charge < -0.3 is 14.4 Å². The van der Waals surface area contributed by atoms with Crippen molar-refractivity contribution >= 4 is 23.3 Å². The lowest BCUT2D eigenvalue weighted by atomic mass is 10.1. The summed E-state index contributed by atoms with van der Waals surface area (Å²) >= 11 is 5.90. The molecule has 2 aliphatic rings. The van der Waals surface area contributed by atoms with Crippen LogP contribution in [0.4, 0.5) is 0 Å². The van der Waals surface area contributed by atoms with Gasteiger partial charge in [0.2, 0.25) is 5.91 Å². The number of imidazole rings is 1. The fraction of sp³-hybridized carbons (Fsp3) is 0.500. The number of aromatic nitrogens is 2. The Bertz CT molecular complexity index is 1010. The summed E-state index contributed by atoms with van der Waals surface area (Å²) in [4.78, 5) is 34.5. The zero-order valence-corrected chi connectivity index (χ0v) is 21.5. The molecule has 184 valence electrons. The second-order valence-corrected chi connectivity index (χ2v) is 9.51. The van der Waals surface area contributed by atoms with E-state index in [4.69, 9.17) is 11.6 Å². The Morgan fingerprint density at radius 1 is 1.21 bits per heavy atom. The molecule has 34 heavy (non-hydrogen) atoms. The van der Waals surface area contributed by atoms with Crippen LogP contribution in [0.25, 0.3) is 0 Å². The summed E-state index contributed by atoms with van der Waals surface area (Å²) in [7, 11) is 4.19. The lowest BCUT2D eigenvalue weighted by Crippen LogP contribution is -2.57. The molecule has 0 atom stereocenters. The number of aryl methyl sites for hydroxylation is 1. The first-order valence-electron chi connectivity index (χ1n) is 11.9. The molecule has 0 N–H and O–H groups in total. The number of halogens is 1. The van der Waals surface area contributed by atoms with Gasteiger partial charge in [0.15, 0.2) is 5.78 Å². The number of hydrogen-bond acceptors (Lipinski definition) is 5. The molecule has 0 radical (unpaired) electrons. The maximum absolute atomic E-state index is 12.3. The highest BCUT2D eigenvalue weighted by atomic mass is 35.5. The van der Waals surface area contributed by atoms with E-state index in [9.17, 15) is 9.59 Å². The molecule has 2 aliphatic heterocycles. The normalized spacial score (nSPS) is 16.2. The third-order valence-corrected chi connectivity index (χ3v) is 6.67. The molecular formula is C26H36ClN5O2. The van der Waals surface area contributed by atoms with Gasteiger partial charge in [-0.05, 0) is 32.1 Å². The first-order valence-corrected chi connectivity index (χ1v) is 12.3. The van der Waals surface area contributed by atoms with Crippen LogP contribution in [-0.2, 0) is 24.3 Å². The highest BCUT2D eigenvalue weighted by molar-refractivity contribution is 6.31. The summed E-state index contributed by atoms with van der Waals surface area (Å²) in [5.74, 6) is 0.807. The van der Waals surface area contributed by atoms with Gasteiger partial charge in [0.05, 0.1) is 12.7 Å². The van der Waals surface area contributed by atoms with Crippen LogP contribution in [0.15, 0.2) is 42.6 Å². The minimum absolute atomic E-state index is 0.0123. The molecule has 1 aromatic heterocycles. The van der Waals surface area contributed by atoms with Gasteiger partial charge >= 0.3 is 0 Å². The van der Waals surface area contributed by atoms with Crippen molar-refractivity contribution in [2.75, 3.05) is 40.3 Å². The Labute approximate surface area is 208 Å². The van der Waals surface area contributed by atoms with E-state index in [1.807, 2.05) is 28.8 Å². The van der Waals surface area contributed by atoms with E-state index >= 15 is 0 Å². The van der Waals surface area contributed by atoms with Gasteiger partial charge in [-0.1, -0.05) is 49.2 Å². The van der Waals surface area contributed by atoms with Gasteiger partial charge in [0.1, 0.15) is 11.5 Å². The molecule has 7 nitrogen and oxygen atoms in total. The van der Waals surface area contributed by atoms with Crippen molar-refractivity contribution in [2.24, 2.45) is 0 Å². The van der Waals surface area contributed by atoms with E-state index in [1.165, 1.54) is 5.56 Å². The predicted octanol–water partition coefficient (Wildman–Crippen LogP) is 3.52. The lowest BCUT2D eigenvalue weighted by molar-refractivity contribution is -0.127. The van der Waals surface area contributed by atoms with Crippen LogP contribution in [0.1, 0.15) is 42.1 Å². The van der Waals surface area contributed by atoms with Crippen LogP contribution in [-0.4, -0.2) is 82.3 Å². The lowest BCUT2D eigenvalue weighted by Gasteiger charge is -2.42. The summed E-state index contributed by atoms with van der Waals surface area (Å²) in [5, 5.41) is 0.893. The van der Waals surface area contributed by atoms with Crippen molar-refractivity contribution in [3.63, 3.8) is 0 Å². The average molecular weight is 486 g/mol. The number of rotatable bonds is 7. The van der Waals surface area contributed by atoms with Gasteiger partial charge in [-0.2, -0.15) is 0 Å². The van der Waals surface area contributed by atoms with Crippen molar-refractivity contribution in [2.45, 2.75) is 45.8 Å². The van der Waals surface area contributed by atoms with Crippen molar-refractivity contribution in [1.29, 1.82) is 0 Å². The number of ketones is 1. The Morgan fingerprint density at radius 2 is 1.94 bits per heavy atom. The third kappa shape index (κ3) is 6.78. The maximum atomic E-state index is 12.3. The predicted molar refractivity (Wildman–Crippen MR) is 136 cm³/mol. The second kappa shape index (κ2) is 12.3. The Balaban J connectivity index is 0.000000271. The molecular weight excluding hydrogens is 450 g/mol. The van der Waals surface area contributed by atoms with E-state index in [0.717, 1.165) is 43.3 Å². The van der Waals surface area contributed by atoms with Crippen molar-refractivity contribution in [3.8, 4) is 0 Å². The van der Waals surface area contributed by atoms with Crippen LogP contribution >= 0.6 is 11.6 Å². The molecule has 0 unspecified atom stereocenters. The molecule has 0 aliphatic carbocycles. The number of carbonyl (C=O) groups is 2. The van der Waals surface area contributed by atoms with Crippen LogP contribution in [0.5, 0.6) is 0 Å². The minimum atomic E-state index is 0.0123. The number of amides is 1. The third-order valence-electron chi connectivity index (χ3n) is 6.31. The molecule has 4 rings (SSSR count). The van der Waals surface area contributed by atoms with E-state index in [0.29, 0.717) is 31.4 Å². The summed E-state index contributed by atoms with van der Waals surface area (Å²) < 4.78 is 1.91. The molecule has 8 heteroatoms. The van der Waals surface area contributed by atoms with Gasteiger partial charge in [-0.3, -0.25) is 14.5 Å². The van der Waals surface area contributed by atoms with Crippen LogP contribution in [0.3, 0.4) is 0 Å². The quantitative estimate of drug-likeness (QED) is 0.443. The standard InChI is InChI=1S/C17H25N5O2.C9H11Cl/c1-13(23)15-9-18-16-12-21(7-8-22(15)16)17(24)5-4-6-20-10-14(11-20)19(2)3;1-2-5-8-6-3-4-7-9(8)10/h4-5,9,14H,6-8,10-12H2,1-3H3;3-4,6-7H,2,5H2,1H3/b5-4+;. The van der Waals surface area contributed by atoms with Crippen molar-refractivity contribution in [3.05, 3.63) is 64.7 Å². The summed E-state index contributed by atoms with van der Waals surface area (Å²) in [6, 6.07) is 8.63. The molecule has 1 aromatic carbocycles. The highest BCUT2D eigenvalue weighted by Gasteiger charge is 2.27. The first kappa shape index (κ1) is 26.1. The number of likely N-dealkylation sites (tertiary alicyclic amines) is 1. The Morgan fingerprint density at radius 3 is 2.59 bits per heavy atom. The first-order chi connectivity index (χ1) is 16.3. The van der Waals surface area contributed by atoms with Crippen LogP contribution < -0.4 is 0 Å². The molecule has 2 aromatic rings. The van der Waals surface area contributed by atoms with E-state index in [-0.39, 0.29) is 11.7 Å². The fourth-order valence-corrected chi connectivity index (χ4v) is 4.36. The number of Topliss-reactive ketones (excluding diaryl/α,β-unsaturated/α-hetero) is 1. The van der Waals surface area contributed by atoms with Gasteiger partial charge in [0, 0.05) is 56.8 Å². The zero-order valence-electron chi connectivity index (χ0n) is 20.7. The average Bonchev–Trinajstić information content (AvgIpc) is 3.20. The molecule has 3 heterocycles. The van der Waals surface area contributed by atoms with E-state index in [2.05, 4.69) is 41.9 Å². The highest BCUT2D eigenvalue weighted by Crippen LogP contribution is 2.17. The van der Waals surface area contributed by atoms with Crippen molar-refractivity contribution < 1.29 is 9.59 Å². The van der Waals surface area contributed by atoms with E-state index in [1.54, 1.807) is 24.1 Å². The number of fused-ring (bicyclic) bond motifs is 1. The van der Waals surface area contributed by atoms with Gasteiger partial charge in [-0.25, -0.2) is 4.98 Å². The summed E-state index contributed by atoms with van der Waals surface area (Å²) in [6.07, 6.45) is 7.44. The topological polar surface area (TPSA) is 61.7 Å². The van der Waals surface area contributed by atoms with E-state index < -0.39 is 0 Å². The molecule has 0 saturated carbocycles. The van der Waals surface area contributed by atoms with Crippen molar-refractivity contribution in [1.82, 2.24) is 24.3 Å². The Hall–Kier alpha value is -2.48. The van der Waals surface area contributed by atoms with Gasteiger partial charge in [0.25, 0.3) is 0 Å². The molecule has 1 fully saturated rings. The number of benzene rings is 1. The Kier molecular flexibility index (Phi) is 9.45. The summed E-state index contributed by atoms with van der Waals surface area (Å²) in [6.45, 7) is 8.32. The molecule has 0 spiro atoms. The summed E-state index contributed by atoms with van der Waals surface area (Å²) in [5.41, 5.74) is 1.88. The minimum Gasteiger partial charge on any atom is -0.330 e. The SMILES string of the molecule is CC(=O)c1cnc2n1CCN(C(=O)/C=C/CN1CC(N(C)C)C1)C2.CCCc1ccccc1Cl. The zero-order chi connectivity index (χ0) is 24.7. The maximum Gasteiger partial charge on any atom is 0.246 e. The monoisotopic (exact) mass is 485 g/mol. The fourth-order valence-electron chi connectivity index (χ4n) is 4.13. The number of carbonyl (C=O) groups excluding carboxylic acids is 2. The molecule has 1 saturated heterocycles. The number of hydrogen-bond donors (Lipinski definition) is 0. The second-order valence-electron chi connectivity index (χ2n) is 9.11. The largest absolute Gasteiger partial charge is 0.330 e. The number of likely N-dealkylation sites (N-methyl/N-ethyl adjacent to an activating group) is 1. The molecule has 0 bridgehead atoms. The van der Waals surface area contributed by atoms with Gasteiger partial charge in [-0.15, -0.1) is 0 Å². The van der Waals surface area contributed by atoms with Crippen LogP contribution in [0, 0.1) is 0 Å². The smallest absolute Gasteiger partial charge is 0.246 e.